The Bertz CT molecular complexity index is 526. The first-order valence-corrected chi connectivity index (χ1v) is 7.26. The SMILES string of the molecule is Cc1ccc(Br)c(C(CCc2ccccc2)NN)c1. The van der Waals surface area contributed by atoms with Crippen LogP contribution in [0.25, 0.3) is 0 Å². The lowest BCUT2D eigenvalue weighted by Crippen LogP contribution is -2.28. The lowest BCUT2D eigenvalue weighted by molar-refractivity contribution is 0.514. The van der Waals surface area contributed by atoms with Crippen LogP contribution in [-0.4, -0.2) is 0 Å². The van der Waals surface area contributed by atoms with Crippen LogP contribution in [-0.2, 0) is 6.42 Å². The summed E-state index contributed by atoms with van der Waals surface area (Å²) in [5.74, 6) is 5.72. The van der Waals surface area contributed by atoms with Crippen molar-refractivity contribution in [2.24, 2.45) is 5.84 Å². The zero-order valence-corrected chi connectivity index (χ0v) is 12.7. The Morgan fingerprint density at radius 3 is 2.58 bits per heavy atom. The second kappa shape index (κ2) is 6.85. The fraction of sp³-hybridized carbons (Fsp3) is 0.250. The molecule has 0 saturated heterocycles. The number of nitrogens with one attached hydrogen (secondary N) is 1. The van der Waals surface area contributed by atoms with Gasteiger partial charge in [0.25, 0.3) is 0 Å². The molecule has 2 aromatic carbocycles. The van der Waals surface area contributed by atoms with E-state index in [0.717, 1.165) is 17.3 Å². The maximum absolute atomic E-state index is 5.72. The van der Waals surface area contributed by atoms with Crippen molar-refractivity contribution < 1.29 is 0 Å². The van der Waals surface area contributed by atoms with Crippen LogP contribution in [0.4, 0.5) is 0 Å². The van der Waals surface area contributed by atoms with E-state index in [2.05, 4.69) is 70.7 Å². The van der Waals surface area contributed by atoms with Gasteiger partial charge < -0.3 is 0 Å². The summed E-state index contributed by atoms with van der Waals surface area (Å²) in [5.41, 5.74) is 6.74. The summed E-state index contributed by atoms with van der Waals surface area (Å²) in [7, 11) is 0. The Hall–Kier alpha value is -1.16. The van der Waals surface area contributed by atoms with Crippen molar-refractivity contribution in [3.63, 3.8) is 0 Å². The van der Waals surface area contributed by atoms with E-state index in [1.165, 1.54) is 16.7 Å². The number of hydrazine groups is 1. The fourth-order valence-corrected chi connectivity index (χ4v) is 2.74. The molecule has 0 fully saturated rings. The van der Waals surface area contributed by atoms with Gasteiger partial charge in [-0.15, -0.1) is 0 Å². The van der Waals surface area contributed by atoms with Crippen LogP contribution in [0.1, 0.15) is 29.2 Å². The minimum Gasteiger partial charge on any atom is -0.271 e. The Morgan fingerprint density at radius 1 is 1.16 bits per heavy atom. The summed E-state index contributed by atoms with van der Waals surface area (Å²) in [4.78, 5) is 0. The van der Waals surface area contributed by atoms with Crippen LogP contribution in [0.5, 0.6) is 0 Å². The second-order valence-electron chi connectivity index (χ2n) is 4.77. The van der Waals surface area contributed by atoms with Gasteiger partial charge in [0.1, 0.15) is 0 Å². The molecule has 0 aliphatic heterocycles. The zero-order chi connectivity index (χ0) is 13.7. The van der Waals surface area contributed by atoms with Crippen molar-refractivity contribution >= 4 is 15.9 Å². The predicted octanol–water partition coefficient (Wildman–Crippen LogP) is 3.89. The van der Waals surface area contributed by atoms with Crippen molar-refractivity contribution in [1.82, 2.24) is 5.43 Å². The van der Waals surface area contributed by atoms with Crippen molar-refractivity contribution in [3.8, 4) is 0 Å². The molecule has 0 aliphatic rings. The standard InChI is InChI=1S/C16H19BrN2/c1-12-7-9-15(17)14(11-12)16(19-18)10-8-13-5-3-2-4-6-13/h2-7,9,11,16,19H,8,10,18H2,1H3. The fourth-order valence-electron chi connectivity index (χ4n) is 2.21. The molecule has 0 amide bonds. The van der Waals surface area contributed by atoms with Gasteiger partial charge >= 0.3 is 0 Å². The number of nitrogens with two attached hydrogens (primary N) is 1. The predicted molar refractivity (Wildman–Crippen MR) is 83.7 cm³/mol. The number of hydrogen-bond acceptors (Lipinski definition) is 2. The smallest absolute Gasteiger partial charge is 0.0474 e. The number of rotatable bonds is 5. The quantitative estimate of drug-likeness (QED) is 0.648. The third kappa shape index (κ3) is 3.90. The van der Waals surface area contributed by atoms with E-state index >= 15 is 0 Å². The first kappa shape index (κ1) is 14.3. The molecule has 2 rings (SSSR count). The van der Waals surface area contributed by atoms with Gasteiger partial charge in [0.05, 0.1) is 0 Å². The molecule has 0 bridgehead atoms. The number of benzene rings is 2. The normalized spacial score (nSPS) is 12.4. The molecule has 0 radical (unpaired) electrons. The van der Waals surface area contributed by atoms with Crippen molar-refractivity contribution in [2.75, 3.05) is 0 Å². The number of aryl methyl sites for hydroxylation is 2. The molecular weight excluding hydrogens is 300 g/mol. The third-order valence-corrected chi connectivity index (χ3v) is 4.01. The number of hydrogen-bond donors (Lipinski definition) is 2. The molecule has 0 aliphatic carbocycles. The van der Waals surface area contributed by atoms with Gasteiger partial charge in [0.15, 0.2) is 0 Å². The highest BCUT2D eigenvalue weighted by molar-refractivity contribution is 9.10. The van der Waals surface area contributed by atoms with E-state index in [1.807, 2.05) is 6.07 Å². The van der Waals surface area contributed by atoms with Gasteiger partial charge in [0.2, 0.25) is 0 Å². The summed E-state index contributed by atoms with van der Waals surface area (Å²) >= 11 is 3.60. The Morgan fingerprint density at radius 2 is 1.89 bits per heavy atom. The first-order valence-electron chi connectivity index (χ1n) is 6.47. The van der Waals surface area contributed by atoms with Crippen molar-refractivity contribution in [1.29, 1.82) is 0 Å². The average molecular weight is 319 g/mol. The van der Waals surface area contributed by atoms with E-state index in [0.29, 0.717) is 0 Å². The summed E-state index contributed by atoms with van der Waals surface area (Å²) in [5, 5.41) is 0. The van der Waals surface area contributed by atoms with Crippen molar-refractivity contribution in [3.05, 3.63) is 69.7 Å². The zero-order valence-electron chi connectivity index (χ0n) is 11.1. The largest absolute Gasteiger partial charge is 0.271 e. The number of halogens is 1. The maximum atomic E-state index is 5.72. The van der Waals surface area contributed by atoms with E-state index in [9.17, 15) is 0 Å². The Balaban J connectivity index is 2.10. The van der Waals surface area contributed by atoms with Crippen LogP contribution >= 0.6 is 15.9 Å². The van der Waals surface area contributed by atoms with Gasteiger partial charge in [0, 0.05) is 10.5 Å². The van der Waals surface area contributed by atoms with Gasteiger partial charge in [-0.05, 0) is 37.0 Å². The highest BCUT2D eigenvalue weighted by Crippen LogP contribution is 2.27. The first-order chi connectivity index (χ1) is 9.20. The van der Waals surface area contributed by atoms with Gasteiger partial charge in [-0.1, -0.05) is 64.0 Å². The van der Waals surface area contributed by atoms with Gasteiger partial charge in [-0.25, -0.2) is 0 Å². The molecule has 1 unspecified atom stereocenters. The molecule has 1 atom stereocenters. The molecule has 19 heavy (non-hydrogen) atoms. The molecule has 0 saturated carbocycles. The Kier molecular flexibility index (Phi) is 5.14. The molecule has 0 aromatic heterocycles. The summed E-state index contributed by atoms with van der Waals surface area (Å²) in [6.07, 6.45) is 1.98. The molecular formula is C16H19BrN2. The van der Waals surface area contributed by atoms with Gasteiger partial charge in [-0.2, -0.15) is 0 Å². The maximum Gasteiger partial charge on any atom is 0.0474 e. The molecule has 0 heterocycles. The highest BCUT2D eigenvalue weighted by atomic mass is 79.9. The lowest BCUT2D eigenvalue weighted by atomic mass is 9.98. The van der Waals surface area contributed by atoms with Crippen LogP contribution in [0, 0.1) is 6.92 Å². The summed E-state index contributed by atoms with van der Waals surface area (Å²) < 4.78 is 1.11. The molecule has 3 heteroatoms. The van der Waals surface area contributed by atoms with Gasteiger partial charge in [-0.3, -0.25) is 11.3 Å². The molecule has 2 aromatic rings. The summed E-state index contributed by atoms with van der Waals surface area (Å²) in [6.45, 7) is 2.10. The monoisotopic (exact) mass is 318 g/mol. The van der Waals surface area contributed by atoms with Crippen LogP contribution < -0.4 is 11.3 Å². The molecule has 3 N–H and O–H groups in total. The lowest BCUT2D eigenvalue weighted by Gasteiger charge is -2.18. The second-order valence-corrected chi connectivity index (χ2v) is 5.62. The van der Waals surface area contributed by atoms with E-state index in [4.69, 9.17) is 5.84 Å². The minimum absolute atomic E-state index is 0.162. The third-order valence-electron chi connectivity index (χ3n) is 3.29. The average Bonchev–Trinajstić information content (AvgIpc) is 2.44. The van der Waals surface area contributed by atoms with Crippen molar-refractivity contribution in [2.45, 2.75) is 25.8 Å². The minimum atomic E-state index is 0.162. The van der Waals surface area contributed by atoms with Crippen LogP contribution in [0.2, 0.25) is 0 Å². The molecule has 0 spiro atoms. The van der Waals surface area contributed by atoms with E-state index in [-0.39, 0.29) is 6.04 Å². The Labute approximate surface area is 123 Å². The van der Waals surface area contributed by atoms with Crippen LogP contribution in [0.15, 0.2) is 53.0 Å². The van der Waals surface area contributed by atoms with Crippen LogP contribution in [0.3, 0.4) is 0 Å². The highest BCUT2D eigenvalue weighted by Gasteiger charge is 2.13. The summed E-state index contributed by atoms with van der Waals surface area (Å²) in [6, 6.07) is 17.0. The van der Waals surface area contributed by atoms with E-state index in [1.54, 1.807) is 0 Å². The topological polar surface area (TPSA) is 38.0 Å². The van der Waals surface area contributed by atoms with E-state index < -0.39 is 0 Å². The molecule has 100 valence electrons. The molecule has 2 nitrogen and oxygen atoms in total.